The van der Waals surface area contributed by atoms with Crippen LogP contribution in [-0.4, -0.2) is 28.1 Å². The minimum absolute atomic E-state index is 0.0322. The first kappa shape index (κ1) is 21.4. The summed E-state index contributed by atoms with van der Waals surface area (Å²) in [6, 6.07) is 8.98. The van der Waals surface area contributed by atoms with E-state index in [4.69, 9.17) is 23.1 Å². The van der Waals surface area contributed by atoms with Crippen molar-refractivity contribution in [3.05, 3.63) is 64.6 Å². The van der Waals surface area contributed by atoms with Gasteiger partial charge in [-0.2, -0.15) is 5.10 Å². The number of carbonyl (C=O) groups excluding carboxylic acids is 2. The van der Waals surface area contributed by atoms with Gasteiger partial charge in [0.15, 0.2) is 0 Å². The highest BCUT2D eigenvalue weighted by Crippen LogP contribution is 2.22. The fourth-order valence-corrected chi connectivity index (χ4v) is 3.41. The maximum atomic E-state index is 12.6. The van der Waals surface area contributed by atoms with E-state index in [1.165, 1.54) is 6.08 Å². The molecule has 2 aromatic rings. The first-order valence-electron chi connectivity index (χ1n) is 9.67. The zero-order valence-electron chi connectivity index (χ0n) is 16.8. The third-order valence-electron chi connectivity index (χ3n) is 4.66. The number of rotatable bonds is 6. The van der Waals surface area contributed by atoms with E-state index in [1.54, 1.807) is 29.2 Å². The Bertz CT molecular complexity index is 1010. The van der Waals surface area contributed by atoms with Gasteiger partial charge in [-0.25, -0.2) is 4.68 Å². The van der Waals surface area contributed by atoms with Gasteiger partial charge in [0.2, 0.25) is 11.8 Å². The fourth-order valence-electron chi connectivity index (χ4n) is 3.22. The number of benzene rings is 1. The summed E-state index contributed by atoms with van der Waals surface area (Å²) in [6.07, 6.45) is 4.04. The van der Waals surface area contributed by atoms with E-state index in [2.05, 4.69) is 10.4 Å². The van der Waals surface area contributed by atoms with Crippen molar-refractivity contribution in [1.82, 2.24) is 15.1 Å². The number of aryl methyl sites for hydroxylation is 2. The van der Waals surface area contributed by atoms with Crippen molar-refractivity contribution in [2.75, 3.05) is 11.4 Å². The largest absolute Gasteiger partial charge is 0.398 e. The summed E-state index contributed by atoms with van der Waals surface area (Å²) in [7, 11) is 0. The second-order valence-electron chi connectivity index (χ2n) is 7.07. The maximum absolute atomic E-state index is 12.6. The van der Waals surface area contributed by atoms with E-state index in [0.717, 1.165) is 30.0 Å². The van der Waals surface area contributed by atoms with E-state index in [9.17, 15) is 9.59 Å². The molecule has 3 rings (SSSR count). The average molecular weight is 429 g/mol. The second-order valence-corrected chi connectivity index (χ2v) is 7.50. The summed E-state index contributed by atoms with van der Waals surface area (Å²) in [5, 5.41) is 7.52. The minimum atomic E-state index is -0.339. The topological polar surface area (TPSA) is 119 Å². The molecule has 5 N–H and O–H groups in total. The Labute approximate surface area is 180 Å². The van der Waals surface area contributed by atoms with Gasteiger partial charge in [0.05, 0.1) is 5.69 Å². The van der Waals surface area contributed by atoms with Gasteiger partial charge >= 0.3 is 0 Å². The van der Waals surface area contributed by atoms with Crippen LogP contribution in [0.3, 0.4) is 0 Å². The quantitative estimate of drug-likeness (QED) is 0.610. The first-order chi connectivity index (χ1) is 14.3. The van der Waals surface area contributed by atoms with E-state index < -0.39 is 0 Å². The van der Waals surface area contributed by atoms with Gasteiger partial charge in [0.1, 0.15) is 11.6 Å². The van der Waals surface area contributed by atoms with Gasteiger partial charge in [-0.1, -0.05) is 23.7 Å². The number of anilines is 1. The summed E-state index contributed by atoms with van der Waals surface area (Å²) in [4.78, 5) is 26.4. The van der Waals surface area contributed by atoms with Crippen LogP contribution in [0.1, 0.15) is 30.5 Å². The van der Waals surface area contributed by atoms with Crippen LogP contribution in [0, 0.1) is 6.92 Å². The molecule has 0 unspecified atom stereocenters. The van der Waals surface area contributed by atoms with Crippen molar-refractivity contribution in [2.24, 2.45) is 11.5 Å². The molecule has 8 nitrogen and oxygen atoms in total. The van der Waals surface area contributed by atoms with Crippen molar-refractivity contribution in [2.45, 2.75) is 32.7 Å². The van der Waals surface area contributed by atoms with Gasteiger partial charge in [0.25, 0.3) is 0 Å². The summed E-state index contributed by atoms with van der Waals surface area (Å²) < 4.78 is 1.83. The van der Waals surface area contributed by atoms with Crippen LogP contribution in [0.5, 0.6) is 0 Å². The molecule has 0 saturated carbocycles. The van der Waals surface area contributed by atoms with Crippen molar-refractivity contribution in [3.8, 4) is 0 Å². The lowest BCUT2D eigenvalue weighted by Crippen LogP contribution is -2.38. The zero-order valence-corrected chi connectivity index (χ0v) is 17.5. The molecule has 0 radical (unpaired) electrons. The van der Waals surface area contributed by atoms with E-state index in [0.29, 0.717) is 17.3 Å². The van der Waals surface area contributed by atoms with Crippen molar-refractivity contribution >= 4 is 34.9 Å². The van der Waals surface area contributed by atoms with Crippen LogP contribution in [-0.2, 0) is 16.1 Å². The molecule has 9 heteroatoms. The summed E-state index contributed by atoms with van der Waals surface area (Å²) in [5.74, 6) is 0.474. The Morgan fingerprint density at radius 2 is 2.00 bits per heavy atom. The molecule has 0 spiro atoms. The summed E-state index contributed by atoms with van der Waals surface area (Å²) in [6.45, 7) is 3.31. The SMILES string of the molecule is Cc1cc2n(n1)CCCN2C(=O)CCC(=O)N/C(N)=C/C=C(\N)c1cccc(Cl)c1. The Kier molecular flexibility index (Phi) is 6.79. The Morgan fingerprint density at radius 3 is 2.77 bits per heavy atom. The van der Waals surface area contributed by atoms with Crippen LogP contribution in [0.4, 0.5) is 5.82 Å². The molecular weight excluding hydrogens is 404 g/mol. The molecule has 1 aliphatic rings. The minimum Gasteiger partial charge on any atom is -0.398 e. The number of halogens is 1. The number of carbonyl (C=O) groups is 2. The Hall–Kier alpha value is -3.26. The third-order valence-corrected chi connectivity index (χ3v) is 4.90. The molecule has 30 heavy (non-hydrogen) atoms. The molecule has 1 aromatic heterocycles. The fraction of sp³-hybridized carbons (Fsp3) is 0.286. The molecule has 0 fully saturated rings. The number of nitrogens with one attached hydrogen (secondary N) is 1. The van der Waals surface area contributed by atoms with E-state index in [1.807, 2.05) is 23.7 Å². The number of fused-ring (bicyclic) bond motifs is 1. The molecule has 2 heterocycles. The van der Waals surface area contributed by atoms with Crippen LogP contribution < -0.4 is 21.7 Å². The monoisotopic (exact) mass is 428 g/mol. The van der Waals surface area contributed by atoms with Gasteiger partial charge in [-0.3, -0.25) is 14.5 Å². The number of amides is 2. The number of nitrogens with zero attached hydrogens (tertiary/aromatic N) is 3. The molecule has 158 valence electrons. The highest BCUT2D eigenvalue weighted by Gasteiger charge is 2.24. The molecule has 1 aliphatic heterocycles. The Morgan fingerprint density at radius 1 is 1.20 bits per heavy atom. The van der Waals surface area contributed by atoms with Crippen LogP contribution in [0.2, 0.25) is 5.02 Å². The molecule has 1 aromatic carbocycles. The standard InChI is InChI=1S/C21H25ClN6O2/c1-14-12-20-27(10-3-11-28(20)26-14)21(30)9-8-19(29)25-18(24)7-6-17(23)15-4-2-5-16(22)13-15/h2,4-7,12-13H,3,8-11,23-24H2,1H3,(H,25,29)/b17-6-,18-7+. The number of aromatic nitrogens is 2. The third kappa shape index (κ3) is 5.42. The molecule has 0 saturated heterocycles. The number of nitrogens with two attached hydrogens (primary N) is 2. The number of hydrogen-bond acceptors (Lipinski definition) is 5. The van der Waals surface area contributed by atoms with Crippen molar-refractivity contribution in [3.63, 3.8) is 0 Å². The lowest BCUT2D eigenvalue weighted by molar-refractivity contribution is -0.124. The average Bonchev–Trinajstić information content (AvgIpc) is 3.10. The van der Waals surface area contributed by atoms with E-state index in [-0.39, 0.29) is 30.5 Å². The lowest BCUT2D eigenvalue weighted by atomic mass is 10.1. The molecular formula is C21H25ClN6O2. The Balaban J connectivity index is 1.52. The van der Waals surface area contributed by atoms with Gasteiger partial charge in [-0.05, 0) is 43.2 Å². The van der Waals surface area contributed by atoms with Gasteiger partial charge in [0, 0.05) is 42.7 Å². The molecule has 0 atom stereocenters. The normalized spacial score (nSPS) is 14.4. The van der Waals surface area contributed by atoms with Crippen LogP contribution in [0.25, 0.3) is 5.70 Å². The highest BCUT2D eigenvalue weighted by atomic mass is 35.5. The second kappa shape index (κ2) is 9.49. The predicted octanol–water partition coefficient (Wildman–Crippen LogP) is 2.28. The van der Waals surface area contributed by atoms with Gasteiger partial charge in [-0.15, -0.1) is 0 Å². The zero-order chi connectivity index (χ0) is 21.7. The number of allylic oxidation sites excluding steroid dienone is 2. The van der Waals surface area contributed by atoms with E-state index >= 15 is 0 Å². The first-order valence-corrected chi connectivity index (χ1v) is 10.0. The molecule has 0 aliphatic carbocycles. The van der Waals surface area contributed by atoms with Crippen LogP contribution >= 0.6 is 11.6 Å². The van der Waals surface area contributed by atoms with Crippen molar-refractivity contribution < 1.29 is 9.59 Å². The molecule has 0 bridgehead atoms. The maximum Gasteiger partial charge on any atom is 0.228 e. The lowest BCUT2D eigenvalue weighted by Gasteiger charge is -2.27. The van der Waals surface area contributed by atoms with Gasteiger partial charge < -0.3 is 16.8 Å². The smallest absolute Gasteiger partial charge is 0.228 e. The summed E-state index contributed by atoms with van der Waals surface area (Å²) in [5.41, 5.74) is 13.9. The predicted molar refractivity (Wildman–Crippen MR) is 117 cm³/mol. The van der Waals surface area contributed by atoms with Crippen LogP contribution in [0.15, 0.2) is 48.3 Å². The highest BCUT2D eigenvalue weighted by molar-refractivity contribution is 6.30. The number of hydrogen-bond donors (Lipinski definition) is 3. The molecule has 2 amide bonds. The summed E-state index contributed by atoms with van der Waals surface area (Å²) >= 11 is 5.95. The van der Waals surface area contributed by atoms with Crippen molar-refractivity contribution in [1.29, 1.82) is 0 Å².